The van der Waals surface area contributed by atoms with Gasteiger partial charge in [0.05, 0.1) is 18.5 Å². The van der Waals surface area contributed by atoms with E-state index in [1.165, 1.54) is 0 Å². The average Bonchev–Trinajstić information content (AvgIpc) is 2.29. The number of hydrogen-bond acceptors (Lipinski definition) is 5. The molecule has 1 aromatic rings. The van der Waals surface area contributed by atoms with Crippen LogP contribution in [0.15, 0.2) is 18.3 Å². The second-order valence-electron chi connectivity index (χ2n) is 3.69. The Morgan fingerprint density at radius 3 is 2.88 bits per heavy atom. The molecule has 0 saturated heterocycles. The molecule has 0 radical (unpaired) electrons. The molecule has 5 nitrogen and oxygen atoms in total. The van der Waals surface area contributed by atoms with Gasteiger partial charge >= 0.3 is 0 Å². The van der Waals surface area contributed by atoms with Crippen LogP contribution in [0.1, 0.15) is 0 Å². The maximum absolute atomic E-state index is 5.50. The summed E-state index contributed by atoms with van der Waals surface area (Å²) in [5, 5.41) is 3.28. The zero-order valence-corrected chi connectivity index (χ0v) is 9.94. The molecule has 5 heteroatoms. The number of nitrogen functional groups attached to an aromatic ring is 1. The topological polar surface area (TPSA) is 63.4 Å². The largest absolute Gasteiger partial charge is 0.384 e. The molecular weight excluding hydrogens is 204 g/mol. The van der Waals surface area contributed by atoms with Gasteiger partial charge in [-0.3, -0.25) is 0 Å². The summed E-state index contributed by atoms with van der Waals surface area (Å²) in [4.78, 5) is 6.22. The fourth-order valence-corrected chi connectivity index (χ4v) is 1.26. The molecule has 0 aromatic carbocycles. The lowest BCUT2D eigenvalue weighted by atomic mass is 10.4. The van der Waals surface area contributed by atoms with Crippen molar-refractivity contribution in [1.29, 1.82) is 0 Å². The van der Waals surface area contributed by atoms with Crippen LogP contribution < -0.4 is 11.1 Å². The maximum atomic E-state index is 5.50. The van der Waals surface area contributed by atoms with E-state index in [9.17, 15) is 0 Å². The quantitative estimate of drug-likeness (QED) is 0.712. The number of aromatic nitrogens is 1. The summed E-state index contributed by atoms with van der Waals surface area (Å²) in [7, 11) is 3.79. The van der Waals surface area contributed by atoms with Gasteiger partial charge in [0.25, 0.3) is 0 Å². The average molecular weight is 224 g/mol. The highest BCUT2D eigenvalue weighted by Crippen LogP contribution is 2.05. The Kier molecular flexibility index (Phi) is 5.60. The van der Waals surface area contributed by atoms with Crippen molar-refractivity contribution in [1.82, 2.24) is 9.88 Å². The first-order valence-corrected chi connectivity index (χ1v) is 5.35. The minimum atomic E-state index is 0.544. The molecule has 0 aliphatic carbocycles. The lowest BCUT2D eigenvalue weighted by Gasteiger charge is -2.16. The first-order chi connectivity index (χ1) is 7.72. The summed E-state index contributed by atoms with van der Waals surface area (Å²) in [6.07, 6.45) is 1.74. The second-order valence-corrected chi connectivity index (χ2v) is 3.69. The molecule has 0 atom stereocenters. The lowest BCUT2D eigenvalue weighted by molar-refractivity contribution is 0.163. The maximum Gasteiger partial charge on any atom is 0.123 e. The Bertz CT molecular complexity index is 289. The number of pyridine rings is 1. The number of rotatable bonds is 7. The molecule has 1 heterocycles. The van der Waals surface area contributed by atoms with E-state index >= 15 is 0 Å². The van der Waals surface area contributed by atoms with Crippen LogP contribution in [0.5, 0.6) is 0 Å². The molecule has 0 unspecified atom stereocenters. The lowest BCUT2D eigenvalue weighted by Crippen LogP contribution is -2.28. The fourth-order valence-electron chi connectivity index (χ4n) is 1.26. The number of nitrogens with one attached hydrogen (secondary N) is 1. The Labute approximate surface area is 96.6 Å². The first kappa shape index (κ1) is 12.7. The van der Waals surface area contributed by atoms with Crippen LogP contribution >= 0.6 is 0 Å². The highest BCUT2D eigenvalue weighted by Gasteiger charge is 1.97. The van der Waals surface area contributed by atoms with Gasteiger partial charge in [0.2, 0.25) is 0 Å². The van der Waals surface area contributed by atoms with E-state index in [0.717, 1.165) is 31.9 Å². The fraction of sp³-hybridized carbons (Fsp3) is 0.545. The molecule has 0 saturated carbocycles. The zero-order chi connectivity index (χ0) is 11.8. The summed E-state index contributed by atoms with van der Waals surface area (Å²) >= 11 is 0. The standard InChI is InChI=1S/C11H20N4O/c1-15(7-8-16-2)6-5-13-10-3-4-11(12)14-9-10/h3-4,9,13H,5-8H2,1-2H3,(H2,12,14). The van der Waals surface area contributed by atoms with Crippen LogP contribution in [0.25, 0.3) is 0 Å². The monoisotopic (exact) mass is 224 g/mol. The van der Waals surface area contributed by atoms with E-state index in [1.807, 2.05) is 6.07 Å². The molecule has 0 amide bonds. The summed E-state index contributed by atoms with van der Waals surface area (Å²) in [5.41, 5.74) is 6.49. The van der Waals surface area contributed by atoms with E-state index in [2.05, 4.69) is 22.2 Å². The minimum Gasteiger partial charge on any atom is -0.384 e. The van der Waals surface area contributed by atoms with E-state index in [0.29, 0.717) is 5.82 Å². The SMILES string of the molecule is COCCN(C)CCNc1ccc(N)nc1. The number of likely N-dealkylation sites (N-methyl/N-ethyl adjacent to an activating group) is 1. The summed E-state index contributed by atoms with van der Waals surface area (Å²) in [6.45, 7) is 3.55. The van der Waals surface area contributed by atoms with Crippen molar-refractivity contribution < 1.29 is 4.74 Å². The molecular formula is C11H20N4O. The van der Waals surface area contributed by atoms with E-state index in [4.69, 9.17) is 10.5 Å². The molecule has 3 N–H and O–H groups in total. The van der Waals surface area contributed by atoms with Crippen molar-refractivity contribution in [2.75, 3.05) is 51.4 Å². The van der Waals surface area contributed by atoms with Crippen molar-refractivity contribution in [3.8, 4) is 0 Å². The summed E-state index contributed by atoms with van der Waals surface area (Å²) in [5.74, 6) is 0.544. The Morgan fingerprint density at radius 2 is 2.25 bits per heavy atom. The van der Waals surface area contributed by atoms with Gasteiger partial charge < -0.3 is 20.7 Å². The van der Waals surface area contributed by atoms with Crippen LogP contribution in [0, 0.1) is 0 Å². The van der Waals surface area contributed by atoms with E-state index in [1.54, 1.807) is 19.4 Å². The van der Waals surface area contributed by atoms with Crippen molar-refractivity contribution in [2.45, 2.75) is 0 Å². The molecule has 0 bridgehead atoms. The molecule has 1 rings (SSSR count). The molecule has 0 aliphatic rings. The molecule has 90 valence electrons. The predicted molar refractivity (Wildman–Crippen MR) is 66.5 cm³/mol. The normalized spacial score (nSPS) is 10.7. The van der Waals surface area contributed by atoms with Gasteiger partial charge in [-0.1, -0.05) is 0 Å². The highest BCUT2D eigenvalue weighted by molar-refractivity contribution is 5.45. The van der Waals surface area contributed by atoms with Crippen molar-refractivity contribution >= 4 is 11.5 Å². The number of hydrogen-bond donors (Lipinski definition) is 2. The molecule has 16 heavy (non-hydrogen) atoms. The van der Waals surface area contributed by atoms with Gasteiger partial charge in [0.1, 0.15) is 5.82 Å². The zero-order valence-electron chi connectivity index (χ0n) is 9.94. The Hall–Kier alpha value is -1.33. The predicted octanol–water partition coefficient (Wildman–Crippen LogP) is 0.654. The Morgan fingerprint density at radius 1 is 1.44 bits per heavy atom. The van der Waals surface area contributed by atoms with Gasteiger partial charge in [0.15, 0.2) is 0 Å². The molecule has 0 fully saturated rings. The van der Waals surface area contributed by atoms with Crippen LogP contribution in [-0.2, 0) is 4.74 Å². The van der Waals surface area contributed by atoms with Crippen molar-refractivity contribution in [3.63, 3.8) is 0 Å². The number of ether oxygens (including phenoxy) is 1. The summed E-state index contributed by atoms with van der Waals surface area (Å²) < 4.78 is 5.00. The smallest absolute Gasteiger partial charge is 0.123 e. The van der Waals surface area contributed by atoms with Gasteiger partial charge in [-0.05, 0) is 19.2 Å². The number of methoxy groups -OCH3 is 1. The number of nitrogens with two attached hydrogens (primary N) is 1. The van der Waals surface area contributed by atoms with Crippen LogP contribution in [0.3, 0.4) is 0 Å². The van der Waals surface area contributed by atoms with Gasteiger partial charge in [-0.15, -0.1) is 0 Å². The number of anilines is 2. The third-order valence-corrected chi connectivity index (χ3v) is 2.29. The molecule has 0 spiro atoms. The van der Waals surface area contributed by atoms with Crippen molar-refractivity contribution in [2.24, 2.45) is 0 Å². The van der Waals surface area contributed by atoms with Gasteiger partial charge in [0, 0.05) is 26.7 Å². The van der Waals surface area contributed by atoms with Crippen molar-refractivity contribution in [3.05, 3.63) is 18.3 Å². The van der Waals surface area contributed by atoms with E-state index < -0.39 is 0 Å². The molecule has 0 aliphatic heterocycles. The summed E-state index contributed by atoms with van der Waals surface area (Å²) in [6, 6.07) is 3.72. The first-order valence-electron chi connectivity index (χ1n) is 5.35. The van der Waals surface area contributed by atoms with Gasteiger partial charge in [-0.25, -0.2) is 4.98 Å². The second kappa shape index (κ2) is 7.03. The third-order valence-electron chi connectivity index (χ3n) is 2.29. The molecule has 1 aromatic heterocycles. The third kappa shape index (κ3) is 4.95. The van der Waals surface area contributed by atoms with E-state index in [-0.39, 0.29) is 0 Å². The van der Waals surface area contributed by atoms with Crippen LogP contribution in [-0.4, -0.2) is 50.3 Å². The highest BCUT2D eigenvalue weighted by atomic mass is 16.5. The van der Waals surface area contributed by atoms with Gasteiger partial charge in [-0.2, -0.15) is 0 Å². The Balaban J connectivity index is 2.17. The number of nitrogens with zero attached hydrogens (tertiary/aromatic N) is 2. The van der Waals surface area contributed by atoms with Crippen LogP contribution in [0.4, 0.5) is 11.5 Å². The van der Waals surface area contributed by atoms with Crippen LogP contribution in [0.2, 0.25) is 0 Å². The minimum absolute atomic E-state index is 0.544.